The molecule has 1 saturated heterocycles. The van der Waals surface area contributed by atoms with Gasteiger partial charge in [-0.25, -0.2) is 18.7 Å². The standard InChI is InChI=1S/C23H22F2N6O2/c1-13-28-18-9-19(23(12-26-6-7-33-23)14-10-27-30(2)11-14)29-21(20(18)22(32)31(13)3)16-5-4-15(24)8-17(16)25/h4-5,8-11,26H,6-7,12H2,1-3H3/t23-/m1/s1. The van der Waals surface area contributed by atoms with Crippen molar-refractivity contribution in [3.63, 3.8) is 0 Å². The molecule has 170 valence electrons. The maximum Gasteiger partial charge on any atom is 0.263 e. The van der Waals surface area contributed by atoms with Gasteiger partial charge in [0.15, 0.2) is 5.60 Å². The van der Waals surface area contributed by atoms with Crippen molar-refractivity contribution in [2.45, 2.75) is 12.5 Å². The van der Waals surface area contributed by atoms with Crippen LogP contribution in [0.15, 0.2) is 41.5 Å². The summed E-state index contributed by atoms with van der Waals surface area (Å²) in [5.74, 6) is -1.04. The molecule has 1 aliphatic heterocycles. The molecule has 0 radical (unpaired) electrons. The summed E-state index contributed by atoms with van der Waals surface area (Å²) in [6, 6.07) is 4.90. The SMILES string of the molecule is Cc1nc2cc([C@]3(c4cnn(C)c4)CNCCO3)nc(-c3ccc(F)cc3F)c2c(=O)n1C. The van der Waals surface area contributed by atoms with E-state index in [9.17, 15) is 13.6 Å². The Morgan fingerprint density at radius 2 is 2.00 bits per heavy atom. The summed E-state index contributed by atoms with van der Waals surface area (Å²) in [6.07, 6.45) is 3.53. The van der Waals surface area contributed by atoms with Crippen LogP contribution in [0, 0.1) is 18.6 Å². The number of ether oxygens (including phenoxy) is 1. The molecule has 1 aliphatic rings. The lowest BCUT2D eigenvalue weighted by Crippen LogP contribution is -2.48. The largest absolute Gasteiger partial charge is 0.361 e. The van der Waals surface area contributed by atoms with E-state index in [1.54, 1.807) is 38.0 Å². The summed E-state index contributed by atoms with van der Waals surface area (Å²) in [7, 11) is 3.39. The Morgan fingerprint density at radius 3 is 2.67 bits per heavy atom. The first-order valence-corrected chi connectivity index (χ1v) is 10.5. The van der Waals surface area contributed by atoms with Crippen LogP contribution in [0.4, 0.5) is 8.78 Å². The third-order valence-corrected chi connectivity index (χ3v) is 6.06. The van der Waals surface area contributed by atoms with Crippen molar-refractivity contribution in [2.24, 2.45) is 14.1 Å². The number of hydrogen-bond acceptors (Lipinski definition) is 6. The van der Waals surface area contributed by atoms with Crippen molar-refractivity contribution in [1.29, 1.82) is 0 Å². The molecule has 1 aromatic carbocycles. The molecule has 4 heterocycles. The molecular weight excluding hydrogens is 430 g/mol. The van der Waals surface area contributed by atoms with Crippen LogP contribution in [0.5, 0.6) is 0 Å². The van der Waals surface area contributed by atoms with E-state index in [1.165, 1.54) is 10.6 Å². The lowest BCUT2D eigenvalue weighted by atomic mass is 9.89. The Labute approximate surface area is 187 Å². The summed E-state index contributed by atoms with van der Waals surface area (Å²) >= 11 is 0. The third-order valence-electron chi connectivity index (χ3n) is 6.06. The van der Waals surface area contributed by atoms with Crippen LogP contribution in [-0.4, -0.2) is 44.0 Å². The second kappa shape index (κ2) is 7.82. The van der Waals surface area contributed by atoms with Gasteiger partial charge in [-0.05, 0) is 25.1 Å². The highest BCUT2D eigenvalue weighted by molar-refractivity contribution is 5.92. The van der Waals surface area contributed by atoms with Crippen LogP contribution in [0.25, 0.3) is 22.2 Å². The number of aryl methyl sites for hydroxylation is 2. The monoisotopic (exact) mass is 452 g/mol. The fourth-order valence-electron chi connectivity index (χ4n) is 4.22. The summed E-state index contributed by atoms with van der Waals surface area (Å²) < 4.78 is 37.9. The van der Waals surface area contributed by atoms with Crippen molar-refractivity contribution in [3.8, 4) is 11.3 Å². The Balaban J connectivity index is 1.87. The molecule has 1 fully saturated rings. The van der Waals surface area contributed by atoms with Gasteiger partial charge in [0.25, 0.3) is 5.56 Å². The Morgan fingerprint density at radius 1 is 1.18 bits per heavy atom. The minimum atomic E-state index is -1.03. The van der Waals surface area contributed by atoms with Gasteiger partial charge < -0.3 is 10.1 Å². The zero-order valence-corrected chi connectivity index (χ0v) is 18.4. The van der Waals surface area contributed by atoms with E-state index in [-0.39, 0.29) is 22.2 Å². The van der Waals surface area contributed by atoms with Gasteiger partial charge in [-0.1, -0.05) is 0 Å². The van der Waals surface area contributed by atoms with Gasteiger partial charge in [0.05, 0.1) is 35.1 Å². The fourth-order valence-corrected chi connectivity index (χ4v) is 4.22. The van der Waals surface area contributed by atoms with E-state index in [1.807, 2.05) is 6.20 Å². The van der Waals surface area contributed by atoms with Gasteiger partial charge in [0, 0.05) is 50.6 Å². The quantitative estimate of drug-likeness (QED) is 0.513. The summed E-state index contributed by atoms with van der Waals surface area (Å²) in [5, 5.41) is 7.76. The highest BCUT2D eigenvalue weighted by Gasteiger charge is 2.41. The zero-order chi connectivity index (χ0) is 23.3. The topological polar surface area (TPSA) is 86.9 Å². The van der Waals surface area contributed by atoms with Crippen molar-refractivity contribution in [1.82, 2.24) is 29.6 Å². The number of fused-ring (bicyclic) bond motifs is 1. The first-order valence-electron chi connectivity index (χ1n) is 10.5. The number of halogens is 2. The Hall–Kier alpha value is -3.50. The molecule has 0 spiro atoms. The van der Waals surface area contributed by atoms with Gasteiger partial charge >= 0.3 is 0 Å². The molecule has 0 amide bonds. The normalized spacial score (nSPS) is 18.7. The Kier molecular flexibility index (Phi) is 5.06. The van der Waals surface area contributed by atoms with Gasteiger partial charge in [-0.15, -0.1) is 0 Å². The van der Waals surface area contributed by atoms with E-state index in [0.717, 1.165) is 17.7 Å². The number of hydrogen-bond donors (Lipinski definition) is 1. The first-order chi connectivity index (χ1) is 15.8. The average molecular weight is 452 g/mol. The number of benzene rings is 1. The lowest BCUT2D eigenvalue weighted by molar-refractivity contribution is -0.0431. The van der Waals surface area contributed by atoms with E-state index in [4.69, 9.17) is 9.72 Å². The van der Waals surface area contributed by atoms with Crippen molar-refractivity contribution < 1.29 is 13.5 Å². The number of nitrogens with zero attached hydrogens (tertiary/aromatic N) is 5. The Bertz CT molecular complexity index is 1440. The van der Waals surface area contributed by atoms with Crippen molar-refractivity contribution in [3.05, 3.63) is 75.7 Å². The van der Waals surface area contributed by atoms with Crippen molar-refractivity contribution >= 4 is 10.9 Å². The van der Waals surface area contributed by atoms with Crippen LogP contribution in [0.3, 0.4) is 0 Å². The first kappa shape index (κ1) is 21.4. The highest BCUT2D eigenvalue weighted by Crippen LogP contribution is 2.37. The predicted octanol–water partition coefficient (Wildman–Crippen LogP) is 2.18. The van der Waals surface area contributed by atoms with Gasteiger partial charge in [-0.2, -0.15) is 5.10 Å². The van der Waals surface area contributed by atoms with E-state index >= 15 is 0 Å². The maximum atomic E-state index is 14.9. The van der Waals surface area contributed by atoms with Crippen LogP contribution >= 0.6 is 0 Å². The van der Waals surface area contributed by atoms with E-state index in [0.29, 0.717) is 36.7 Å². The number of aromatic nitrogens is 5. The van der Waals surface area contributed by atoms with E-state index in [2.05, 4.69) is 15.4 Å². The average Bonchev–Trinajstić information content (AvgIpc) is 3.24. The minimum absolute atomic E-state index is 0.0103. The number of nitrogens with one attached hydrogen (secondary N) is 1. The minimum Gasteiger partial charge on any atom is -0.361 e. The molecule has 0 saturated carbocycles. The van der Waals surface area contributed by atoms with Gasteiger partial charge in [-0.3, -0.25) is 14.0 Å². The molecule has 1 N–H and O–H groups in total. The predicted molar refractivity (Wildman–Crippen MR) is 118 cm³/mol. The van der Waals surface area contributed by atoms with Gasteiger partial charge in [0.2, 0.25) is 0 Å². The smallest absolute Gasteiger partial charge is 0.263 e. The molecule has 0 unspecified atom stereocenters. The molecule has 1 atom stereocenters. The summed E-state index contributed by atoms with van der Waals surface area (Å²) in [5.41, 5.74) is 0.277. The second-order valence-corrected chi connectivity index (χ2v) is 8.15. The molecule has 33 heavy (non-hydrogen) atoms. The molecular formula is C23H22F2N6O2. The van der Waals surface area contributed by atoms with Crippen LogP contribution in [0.2, 0.25) is 0 Å². The van der Waals surface area contributed by atoms with Crippen LogP contribution in [0.1, 0.15) is 17.1 Å². The molecule has 5 rings (SSSR count). The summed E-state index contributed by atoms with van der Waals surface area (Å²) in [6.45, 7) is 3.19. The van der Waals surface area contributed by atoms with E-state index < -0.39 is 17.2 Å². The fraction of sp³-hybridized carbons (Fsp3) is 0.304. The third kappa shape index (κ3) is 3.42. The van der Waals surface area contributed by atoms with Crippen LogP contribution < -0.4 is 10.9 Å². The van der Waals surface area contributed by atoms with Crippen LogP contribution in [-0.2, 0) is 24.4 Å². The number of rotatable bonds is 3. The second-order valence-electron chi connectivity index (χ2n) is 8.15. The molecule has 0 bridgehead atoms. The molecule has 8 nitrogen and oxygen atoms in total. The molecule has 0 aliphatic carbocycles. The lowest BCUT2D eigenvalue weighted by Gasteiger charge is -2.37. The number of morpholine rings is 1. The maximum absolute atomic E-state index is 14.9. The summed E-state index contributed by atoms with van der Waals surface area (Å²) in [4.78, 5) is 22.5. The number of pyridine rings is 1. The van der Waals surface area contributed by atoms with Crippen molar-refractivity contribution in [2.75, 3.05) is 19.7 Å². The zero-order valence-electron chi connectivity index (χ0n) is 18.4. The molecule has 4 aromatic rings. The highest BCUT2D eigenvalue weighted by atomic mass is 19.1. The molecule has 10 heteroatoms. The van der Waals surface area contributed by atoms with Gasteiger partial charge in [0.1, 0.15) is 17.5 Å². The molecule has 3 aromatic heterocycles.